The van der Waals surface area contributed by atoms with Crippen LogP contribution in [-0.2, 0) is 10.0 Å². The van der Waals surface area contributed by atoms with Crippen LogP contribution in [0.1, 0.15) is 0 Å². The highest BCUT2D eigenvalue weighted by Crippen LogP contribution is 2.25. The molecule has 0 saturated carbocycles. The molecule has 2 aromatic rings. The van der Waals surface area contributed by atoms with Gasteiger partial charge in [0.05, 0.1) is 25.3 Å². The minimum Gasteiger partial charge on any atom is -0.481 e. The summed E-state index contributed by atoms with van der Waals surface area (Å²) in [5.74, 6) is -1.51. The third kappa shape index (κ3) is 4.67. The first-order chi connectivity index (χ1) is 12.3. The van der Waals surface area contributed by atoms with Gasteiger partial charge in [0.2, 0.25) is 11.8 Å². The van der Waals surface area contributed by atoms with Crippen molar-refractivity contribution in [3.8, 4) is 17.8 Å². The molecule has 9 nitrogen and oxygen atoms in total. The molecule has 0 radical (unpaired) electrons. The van der Waals surface area contributed by atoms with E-state index in [1.807, 2.05) is 0 Å². The van der Waals surface area contributed by atoms with Gasteiger partial charge in [0, 0.05) is 0 Å². The van der Waals surface area contributed by atoms with Gasteiger partial charge in [-0.1, -0.05) is 28.8 Å². The number of anilines is 1. The molecule has 0 amide bonds. The minimum atomic E-state index is -4.29. The first-order valence-corrected chi connectivity index (χ1v) is 8.99. The fraction of sp³-hybridized carbons (Fsp3) is 0.214. The summed E-state index contributed by atoms with van der Waals surface area (Å²) in [5, 5.41) is 0. The minimum absolute atomic E-state index is 0.0482. The highest BCUT2D eigenvalue weighted by Gasteiger charge is 2.29. The van der Waals surface area contributed by atoms with E-state index in [0.717, 1.165) is 6.07 Å². The van der Waals surface area contributed by atoms with Crippen molar-refractivity contribution < 1.29 is 27.1 Å². The Kier molecular flexibility index (Phi) is 6.10. The van der Waals surface area contributed by atoms with Crippen LogP contribution in [0.2, 0.25) is 0 Å². The summed E-state index contributed by atoms with van der Waals surface area (Å²) < 4.78 is 49.5. The zero-order chi connectivity index (χ0) is 19.3. The molecule has 0 atom stereocenters. The van der Waals surface area contributed by atoms with Gasteiger partial charge in [0.1, 0.15) is 11.4 Å². The second-order valence-electron chi connectivity index (χ2n) is 4.73. The maximum Gasteiger partial charge on any atom is 0.351 e. The van der Waals surface area contributed by atoms with Gasteiger partial charge in [-0.15, -0.1) is 0 Å². The largest absolute Gasteiger partial charge is 0.481 e. The SMILES string of the molecule is COc1cc(OC)nc(ON(c2ccccc2F)S(=O)(=O)CC(N)=S)n1. The summed E-state index contributed by atoms with van der Waals surface area (Å²) in [6.45, 7) is 0. The molecule has 1 aromatic heterocycles. The Labute approximate surface area is 154 Å². The van der Waals surface area contributed by atoms with Crippen molar-refractivity contribution in [2.24, 2.45) is 5.73 Å². The molecule has 0 aliphatic heterocycles. The van der Waals surface area contributed by atoms with Crippen LogP contribution >= 0.6 is 12.2 Å². The number of ether oxygens (including phenoxy) is 2. The van der Waals surface area contributed by atoms with Crippen molar-refractivity contribution in [3.05, 3.63) is 36.1 Å². The summed E-state index contributed by atoms with van der Waals surface area (Å²) in [6, 6.07) is 5.99. The number of hydrogen-bond donors (Lipinski definition) is 1. The molecule has 140 valence electrons. The number of aromatic nitrogens is 2. The molecule has 0 unspecified atom stereocenters. The van der Waals surface area contributed by atoms with Crippen LogP contribution in [0.4, 0.5) is 10.1 Å². The summed E-state index contributed by atoms with van der Waals surface area (Å²) in [4.78, 5) is 12.6. The molecule has 1 aromatic carbocycles. The first-order valence-electron chi connectivity index (χ1n) is 6.97. The smallest absolute Gasteiger partial charge is 0.351 e. The number of nitrogens with zero attached hydrogens (tertiary/aromatic N) is 3. The van der Waals surface area contributed by atoms with Crippen molar-refractivity contribution >= 4 is 32.9 Å². The number of rotatable bonds is 8. The predicted molar refractivity (Wildman–Crippen MR) is 95.2 cm³/mol. The lowest BCUT2D eigenvalue weighted by Gasteiger charge is -2.22. The Morgan fingerprint density at radius 2 is 1.81 bits per heavy atom. The molecule has 26 heavy (non-hydrogen) atoms. The molecule has 2 N–H and O–H groups in total. The van der Waals surface area contributed by atoms with Gasteiger partial charge in [-0.3, -0.25) is 0 Å². The fourth-order valence-electron chi connectivity index (χ4n) is 1.80. The van der Waals surface area contributed by atoms with Crippen LogP contribution < -0.4 is 24.5 Å². The number of sulfonamides is 1. The van der Waals surface area contributed by atoms with E-state index in [2.05, 4.69) is 22.2 Å². The summed E-state index contributed by atoms with van der Waals surface area (Å²) in [5.41, 5.74) is 4.93. The molecule has 1 heterocycles. The molecular weight excluding hydrogens is 387 g/mol. The molecule has 0 bridgehead atoms. The standard InChI is InChI=1S/C14H15FN4O5S2/c1-22-12-7-13(23-2)18-14(17-12)24-19(26(20,21)8-11(16)25)10-6-4-3-5-9(10)15/h3-7H,8H2,1-2H3,(H2,16,25). The molecule has 0 aliphatic rings. The third-order valence-electron chi connectivity index (χ3n) is 2.87. The summed E-state index contributed by atoms with van der Waals surface area (Å²) in [6.07, 6.45) is 0. The van der Waals surface area contributed by atoms with E-state index in [1.165, 1.54) is 38.5 Å². The van der Waals surface area contributed by atoms with Gasteiger partial charge in [-0.25, -0.2) is 12.8 Å². The second kappa shape index (κ2) is 8.10. The van der Waals surface area contributed by atoms with Crippen LogP contribution in [0.15, 0.2) is 30.3 Å². The molecule has 0 spiro atoms. The lowest BCUT2D eigenvalue weighted by Crippen LogP contribution is -2.40. The Bertz CT molecular complexity index is 888. The average molecular weight is 402 g/mol. The highest BCUT2D eigenvalue weighted by atomic mass is 32.2. The number of nitrogens with two attached hydrogens (primary N) is 1. The molecule has 0 aliphatic carbocycles. The molecule has 0 fully saturated rings. The van der Waals surface area contributed by atoms with Gasteiger partial charge in [0.25, 0.3) is 10.0 Å². The number of para-hydroxylation sites is 1. The van der Waals surface area contributed by atoms with E-state index < -0.39 is 33.3 Å². The molecule has 0 saturated heterocycles. The maximum atomic E-state index is 14.2. The Balaban J connectivity index is 2.52. The topological polar surface area (TPSA) is 117 Å². The predicted octanol–water partition coefficient (Wildman–Crippen LogP) is 1.05. The Morgan fingerprint density at radius 1 is 1.23 bits per heavy atom. The zero-order valence-electron chi connectivity index (χ0n) is 13.7. The zero-order valence-corrected chi connectivity index (χ0v) is 15.4. The van der Waals surface area contributed by atoms with E-state index in [4.69, 9.17) is 20.0 Å². The molecular formula is C14H15FN4O5S2. The average Bonchev–Trinajstić information content (AvgIpc) is 2.59. The van der Waals surface area contributed by atoms with Crippen LogP contribution in [0.5, 0.6) is 17.8 Å². The Morgan fingerprint density at radius 3 is 2.31 bits per heavy atom. The van der Waals surface area contributed by atoms with Crippen LogP contribution in [0.25, 0.3) is 0 Å². The van der Waals surface area contributed by atoms with E-state index >= 15 is 0 Å². The van der Waals surface area contributed by atoms with Crippen molar-refractivity contribution in [2.45, 2.75) is 0 Å². The van der Waals surface area contributed by atoms with Gasteiger partial charge in [0.15, 0.2) is 5.82 Å². The first kappa shape index (κ1) is 19.6. The highest BCUT2D eigenvalue weighted by molar-refractivity contribution is 7.94. The van der Waals surface area contributed by atoms with E-state index in [9.17, 15) is 12.8 Å². The van der Waals surface area contributed by atoms with Crippen molar-refractivity contribution in [2.75, 3.05) is 24.4 Å². The van der Waals surface area contributed by atoms with Crippen LogP contribution in [-0.4, -0.2) is 43.3 Å². The van der Waals surface area contributed by atoms with Gasteiger partial charge >= 0.3 is 6.01 Å². The van der Waals surface area contributed by atoms with E-state index in [0.29, 0.717) is 4.47 Å². The second-order valence-corrected chi connectivity index (χ2v) is 7.04. The van der Waals surface area contributed by atoms with Crippen molar-refractivity contribution in [3.63, 3.8) is 0 Å². The lowest BCUT2D eigenvalue weighted by atomic mass is 10.3. The lowest BCUT2D eigenvalue weighted by molar-refractivity contribution is 0.288. The Hall–Kier alpha value is -2.73. The van der Waals surface area contributed by atoms with Crippen LogP contribution in [0, 0.1) is 5.82 Å². The van der Waals surface area contributed by atoms with E-state index in [-0.39, 0.29) is 16.7 Å². The molecule has 2 rings (SSSR count). The maximum absolute atomic E-state index is 14.2. The summed E-state index contributed by atoms with van der Waals surface area (Å²) in [7, 11) is -1.62. The number of benzene rings is 1. The van der Waals surface area contributed by atoms with Gasteiger partial charge in [-0.2, -0.15) is 9.97 Å². The molecule has 12 heteroatoms. The van der Waals surface area contributed by atoms with Crippen molar-refractivity contribution in [1.29, 1.82) is 0 Å². The number of methoxy groups -OCH3 is 2. The monoisotopic (exact) mass is 402 g/mol. The number of halogens is 1. The van der Waals surface area contributed by atoms with E-state index in [1.54, 1.807) is 0 Å². The van der Waals surface area contributed by atoms with Crippen LogP contribution in [0.3, 0.4) is 0 Å². The van der Waals surface area contributed by atoms with Gasteiger partial charge in [-0.05, 0) is 12.1 Å². The van der Waals surface area contributed by atoms with Crippen molar-refractivity contribution in [1.82, 2.24) is 9.97 Å². The quantitative estimate of drug-likeness (QED) is 0.511. The third-order valence-corrected chi connectivity index (χ3v) is 4.65. The number of hydrogen-bond acceptors (Lipinski definition) is 8. The number of thiocarbonyl (C=S) groups is 1. The summed E-state index contributed by atoms with van der Waals surface area (Å²) >= 11 is 4.64. The van der Waals surface area contributed by atoms with Gasteiger partial charge < -0.3 is 20.0 Å². The fourth-order valence-corrected chi connectivity index (χ4v) is 3.35. The normalized spacial score (nSPS) is 10.9.